The van der Waals surface area contributed by atoms with Crippen LogP contribution in [-0.4, -0.2) is 11.7 Å². The molecule has 0 aromatic heterocycles. The zero-order valence-electron chi connectivity index (χ0n) is 11.4. The van der Waals surface area contributed by atoms with Crippen molar-refractivity contribution in [2.75, 3.05) is 11.9 Å². The summed E-state index contributed by atoms with van der Waals surface area (Å²) in [6.07, 6.45) is 0. The minimum Gasteiger partial charge on any atom is -0.394 e. The van der Waals surface area contributed by atoms with Gasteiger partial charge in [-0.3, -0.25) is 0 Å². The van der Waals surface area contributed by atoms with E-state index in [1.165, 1.54) is 12.1 Å². The Kier molecular flexibility index (Phi) is 4.61. The summed E-state index contributed by atoms with van der Waals surface area (Å²) in [5.74, 6) is -0.551. The first kappa shape index (κ1) is 15.5. The Bertz CT molecular complexity index is 685. The predicted octanol–water partition coefficient (Wildman–Crippen LogP) is 3.78. The zero-order valence-corrected chi connectivity index (χ0v) is 13.0. The molecule has 0 aliphatic carbocycles. The number of nitriles is 1. The van der Waals surface area contributed by atoms with Crippen molar-refractivity contribution in [3.8, 4) is 6.07 Å². The molecule has 108 valence electrons. The van der Waals surface area contributed by atoms with E-state index < -0.39 is 11.4 Å². The van der Waals surface area contributed by atoms with Crippen LogP contribution in [0.25, 0.3) is 0 Å². The zero-order chi connectivity index (χ0) is 15.5. The van der Waals surface area contributed by atoms with Gasteiger partial charge in [0, 0.05) is 0 Å². The first-order valence-corrected chi connectivity index (χ1v) is 7.14. The van der Waals surface area contributed by atoms with Crippen LogP contribution in [-0.2, 0) is 5.54 Å². The van der Waals surface area contributed by atoms with Crippen molar-refractivity contribution in [2.24, 2.45) is 0 Å². The van der Waals surface area contributed by atoms with Crippen LogP contribution in [0.1, 0.15) is 18.1 Å². The van der Waals surface area contributed by atoms with Gasteiger partial charge in [0.2, 0.25) is 0 Å². The van der Waals surface area contributed by atoms with E-state index in [0.717, 1.165) is 5.56 Å². The number of hydrogen-bond donors (Lipinski definition) is 2. The van der Waals surface area contributed by atoms with Crippen molar-refractivity contribution in [3.63, 3.8) is 0 Å². The van der Waals surface area contributed by atoms with Gasteiger partial charge >= 0.3 is 0 Å². The van der Waals surface area contributed by atoms with E-state index in [2.05, 4.69) is 21.2 Å². The molecule has 0 amide bonds. The normalized spacial score (nSPS) is 13.3. The smallest absolute Gasteiger partial charge is 0.161 e. The van der Waals surface area contributed by atoms with Gasteiger partial charge in [-0.1, -0.05) is 30.3 Å². The second kappa shape index (κ2) is 6.25. The van der Waals surface area contributed by atoms with Crippen LogP contribution in [0.4, 0.5) is 10.1 Å². The summed E-state index contributed by atoms with van der Waals surface area (Å²) < 4.78 is 14.4. The number of nitrogens with zero attached hydrogens (tertiary/aromatic N) is 1. The van der Waals surface area contributed by atoms with Crippen molar-refractivity contribution in [2.45, 2.75) is 12.5 Å². The molecule has 0 radical (unpaired) electrons. The molecule has 0 bridgehead atoms. The van der Waals surface area contributed by atoms with Crippen LogP contribution in [0.3, 0.4) is 0 Å². The molecule has 5 heteroatoms. The van der Waals surface area contributed by atoms with Gasteiger partial charge < -0.3 is 10.4 Å². The minimum atomic E-state index is -0.824. The second-order valence-electron chi connectivity index (χ2n) is 4.88. The largest absolute Gasteiger partial charge is 0.394 e. The SMILES string of the molecule is CC(CO)(Nc1ccc(C#N)c(Br)c1F)c1ccccc1. The molecule has 0 heterocycles. The molecule has 1 unspecified atom stereocenters. The van der Waals surface area contributed by atoms with Crippen LogP contribution in [0, 0.1) is 17.1 Å². The Morgan fingerprint density at radius 1 is 1.29 bits per heavy atom. The van der Waals surface area contributed by atoms with Gasteiger partial charge in [-0.05, 0) is 40.5 Å². The Labute approximate surface area is 131 Å². The summed E-state index contributed by atoms with van der Waals surface area (Å²) in [6.45, 7) is 1.59. The van der Waals surface area contributed by atoms with Crippen molar-refractivity contribution in [1.29, 1.82) is 5.26 Å². The fourth-order valence-electron chi connectivity index (χ4n) is 2.04. The maximum absolute atomic E-state index is 14.3. The van der Waals surface area contributed by atoms with Crippen LogP contribution in [0.2, 0.25) is 0 Å². The number of hydrogen-bond acceptors (Lipinski definition) is 3. The maximum Gasteiger partial charge on any atom is 0.161 e. The summed E-state index contributed by atoms with van der Waals surface area (Å²) in [5.41, 5.74) is 0.465. The quantitative estimate of drug-likeness (QED) is 0.883. The Morgan fingerprint density at radius 3 is 2.52 bits per heavy atom. The highest BCUT2D eigenvalue weighted by molar-refractivity contribution is 9.10. The van der Waals surface area contributed by atoms with Crippen molar-refractivity contribution in [3.05, 3.63) is 63.9 Å². The van der Waals surface area contributed by atoms with Crippen molar-refractivity contribution in [1.82, 2.24) is 0 Å². The molecule has 2 aromatic carbocycles. The molecule has 1 atom stereocenters. The number of benzene rings is 2. The Hall–Kier alpha value is -1.90. The molecule has 2 N–H and O–H groups in total. The third-order valence-electron chi connectivity index (χ3n) is 3.34. The summed E-state index contributed by atoms with van der Waals surface area (Å²) in [5, 5.41) is 21.6. The molecule has 2 rings (SSSR count). The third kappa shape index (κ3) is 3.07. The molecule has 0 saturated carbocycles. The van der Waals surface area contributed by atoms with Crippen LogP contribution in [0.5, 0.6) is 0 Å². The van der Waals surface area contributed by atoms with Gasteiger partial charge in [-0.25, -0.2) is 4.39 Å². The molecule has 3 nitrogen and oxygen atoms in total. The van der Waals surface area contributed by atoms with Crippen LogP contribution < -0.4 is 5.32 Å². The van der Waals surface area contributed by atoms with E-state index in [4.69, 9.17) is 5.26 Å². The lowest BCUT2D eigenvalue weighted by atomic mass is 9.92. The van der Waals surface area contributed by atoms with Crippen LogP contribution >= 0.6 is 15.9 Å². The molecule has 0 fully saturated rings. The van der Waals surface area contributed by atoms with Gasteiger partial charge in [0.05, 0.1) is 27.9 Å². The lowest BCUT2D eigenvalue weighted by Crippen LogP contribution is -2.36. The number of nitrogens with one attached hydrogen (secondary N) is 1. The molecule has 2 aromatic rings. The highest BCUT2D eigenvalue weighted by atomic mass is 79.9. The van der Waals surface area contributed by atoms with E-state index >= 15 is 0 Å². The molecule has 0 aliphatic heterocycles. The van der Waals surface area contributed by atoms with Crippen molar-refractivity contribution < 1.29 is 9.50 Å². The predicted molar refractivity (Wildman–Crippen MR) is 83.3 cm³/mol. The number of halogens is 2. The van der Waals surface area contributed by atoms with Crippen molar-refractivity contribution >= 4 is 21.6 Å². The lowest BCUT2D eigenvalue weighted by molar-refractivity contribution is 0.223. The number of rotatable bonds is 4. The van der Waals surface area contributed by atoms with Crippen LogP contribution in [0.15, 0.2) is 46.9 Å². The first-order chi connectivity index (χ1) is 10.0. The molecule has 0 saturated heterocycles. The first-order valence-electron chi connectivity index (χ1n) is 6.34. The van der Waals surface area contributed by atoms with E-state index in [-0.39, 0.29) is 22.3 Å². The molecular formula is C16H14BrFN2O. The number of anilines is 1. The van der Waals surface area contributed by atoms with Gasteiger partial charge in [-0.2, -0.15) is 5.26 Å². The highest BCUT2D eigenvalue weighted by Crippen LogP contribution is 2.31. The maximum atomic E-state index is 14.3. The van der Waals surface area contributed by atoms with Gasteiger partial charge in [0.15, 0.2) is 5.82 Å². The topological polar surface area (TPSA) is 56.0 Å². The molecule has 0 aliphatic rings. The fourth-order valence-corrected chi connectivity index (χ4v) is 2.47. The highest BCUT2D eigenvalue weighted by Gasteiger charge is 2.27. The summed E-state index contributed by atoms with van der Waals surface area (Å²) in [4.78, 5) is 0. The van der Waals surface area contributed by atoms with E-state index in [1.54, 1.807) is 6.92 Å². The number of aliphatic hydroxyl groups excluding tert-OH is 1. The second-order valence-corrected chi connectivity index (χ2v) is 5.67. The van der Waals surface area contributed by atoms with E-state index in [0.29, 0.717) is 0 Å². The van der Waals surface area contributed by atoms with Gasteiger partial charge in [-0.15, -0.1) is 0 Å². The molecular weight excluding hydrogens is 335 g/mol. The van der Waals surface area contributed by atoms with Gasteiger partial charge in [0.1, 0.15) is 6.07 Å². The molecule has 21 heavy (non-hydrogen) atoms. The van der Waals surface area contributed by atoms with Gasteiger partial charge in [0.25, 0.3) is 0 Å². The third-order valence-corrected chi connectivity index (χ3v) is 4.12. The average molecular weight is 349 g/mol. The minimum absolute atomic E-state index is 0.114. The number of aliphatic hydroxyl groups is 1. The summed E-state index contributed by atoms with van der Waals surface area (Å²) in [7, 11) is 0. The summed E-state index contributed by atoms with van der Waals surface area (Å²) in [6, 6.07) is 14.2. The Balaban J connectivity index is 2.41. The summed E-state index contributed by atoms with van der Waals surface area (Å²) >= 11 is 3.08. The lowest BCUT2D eigenvalue weighted by Gasteiger charge is -2.31. The van der Waals surface area contributed by atoms with E-state index in [9.17, 15) is 9.50 Å². The fraction of sp³-hybridized carbons (Fsp3) is 0.188. The monoisotopic (exact) mass is 348 g/mol. The van der Waals surface area contributed by atoms with E-state index in [1.807, 2.05) is 36.4 Å². The molecule has 0 spiro atoms. The Morgan fingerprint density at radius 2 is 1.95 bits per heavy atom. The average Bonchev–Trinajstić information content (AvgIpc) is 2.53. The standard InChI is InChI=1S/C16H14BrFN2O/c1-16(10-21,12-5-3-2-4-6-12)20-13-8-7-11(9-19)14(17)15(13)18/h2-8,20-21H,10H2,1H3.